The zero-order valence-electron chi connectivity index (χ0n) is 14.8. The van der Waals surface area contributed by atoms with Crippen LogP contribution in [0.25, 0.3) is 10.4 Å². The van der Waals surface area contributed by atoms with Gasteiger partial charge in [-0.05, 0) is 43.5 Å². The van der Waals surface area contributed by atoms with Gasteiger partial charge >= 0.3 is 0 Å². The molecule has 1 fully saturated rings. The topological polar surface area (TPSA) is 79.2 Å². The third-order valence-electron chi connectivity index (χ3n) is 4.63. The van der Waals surface area contributed by atoms with E-state index in [1.165, 1.54) is 11.3 Å². The molecule has 7 heteroatoms. The standard InChI is InChI=1S/C19H22N2O3S2/c1-13(2)26(22,23)21-18-12-24-10-9-17(18)14-3-5-15(6-4-14)19-8-7-16(11-20)25-19/h3-8,13,17-18,21H,9-10,12H2,1-2H3/t17-,18+/m0/s1. The van der Waals surface area contributed by atoms with Gasteiger partial charge in [0.25, 0.3) is 0 Å². The number of hydrogen-bond donors (Lipinski definition) is 1. The van der Waals surface area contributed by atoms with Crippen LogP contribution < -0.4 is 4.72 Å². The predicted molar refractivity (Wildman–Crippen MR) is 104 cm³/mol. The van der Waals surface area contributed by atoms with Crippen LogP contribution >= 0.6 is 11.3 Å². The number of nitriles is 1. The van der Waals surface area contributed by atoms with E-state index in [-0.39, 0.29) is 12.0 Å². The number of rotatable bonds is 5. The van der Waals surface area contributed by atoms with E-state index in [1.54, 1.807) is 13.8 Å². The number of nitrogens with one attached hydrogen (secondary N) is 1. The summed E-state index contributed by atoms with van der Waals surface area (Å²) in [6.45, 7) is 4.36. The van der Waals surface area contributed by atoms with Crippen molar-refractivity contribution >= 4 is 21.4 Å². The second-order valence-electron chi connectivity index (χ2n) is 6.69. The highest BCUT2D eigenvalue weighted by molar-refractivity contribution is 7.90. The first kappa shape index (κ1) is 19.1. The first-order valence-corrected chi connectivity index (χ1v) is 11.0. The third kappa shape index (κ3) is 4.15. The maximum atomic E-state index is 12.3. The van der Waals surface area contributed by atoms with Crippen molar-refractivity contribution < 1.29 is 13.2 Å². The summed E-state index contributed by atoms with van der Waals surface area (Å²) in [6, 6.07) is 13.8. The quantitative estimate of drug-likeness (QED) is 0.848. The van der Waals surface area contributed by atoms with Crippen molar-refractivity contribution in [3.8, 4) is 16.5 Å². The van der Waals surface area contributed by atoms with Gasteiger partial charge in [0.2, 0.25) is 10.0 Å². The van der Waals surface area contributed by atoms with Gasteiger partial charge in [0, 0.05) is 17.4 Å². The molecule has 2 atom stereocenters. The summed E-state index contributed by atoms with van der Waals surface area (Å²) in [5.74, 6) is 0.0873. The second kappa shape index (κ2) is 7.89. The minimum Gasteiger partial charge on any atom is -0.380 e. The molecule has 1 N–H and O–H groups in total. The molecule has 138 valence electrons. The Bertz CT molecular complexity index is 896. The van der Waals surface area contributed by atoms with Crippen molar-refractivity contribution in [2.75, 3.05) is 13.2 Å². The zero-order valence-corrected chi connectivity index (χ0v) is 16.4. The SMILES string of the molecule is CC(C)S(=O)(=O)N[C@@H]1COCC[C@H]1c1ccc(-c2ccc(C#N)s2)cc1. The summed E-state index contributed by atoms with van der Waals surface area (Å²) in [4.78, 5) is 1.74. The molecule has 0 aliphatic carbocycles. The lowest BCUT2D eigenvalue weighted by Crippen LogP contribution is -2.47. The number of nitrogens with zero attached hydrogens (tertiary/aromatic N) is 1. The molecule has 2 aromatic rings. The van der Waals surface area contributed by atoms with Gasteiger partial charge in [-0.1, -0.05) is 24.3 Å². The normalized spacial score (nSPS) is 20.8. The van der Waals surface area contributed by atoms with Crippen LogP contribution in [0, 0.1) is 11.3 Å². The number of thiophene rings is 1. The van der Waals surface area contributed by atoms with Crippen LogP contribution in [0.4, 0.5) is 0 Å². The number of hydrogen-bond acceptors (Lipinski definition) is 5. The molecule has 1 aliphatic rings. The average molecular weight is 391 g/mol. The molecule has 0 amide bonds. The predicted octanol–water partition coefficient (Wildman–Crippen LogP) is 3.49. The number of ether oxygens (including phenoxy) is 1. The molecule has 0 radical (unpaired) electrons. The lowest BCUT2D eigenvalue weighted by atomic mass is 9.87. The largest absolute Gasteiger partial charge is 0.380 e. The Morgan fingerprint density at radius 2 is 1.96 bits per heavy atom. The van der Waals surface area contributed by atoms with Gasteiger partial charge in [-0.3, -0.25) is 0 Å². The summed E-state index contributed by atoms with van der Waals surface area (Å²) in [7, 11) is -3.35. The fourth-order valence-electron chi connectivity index (χ4n) is 3.05. The number of sulfonamides is 1. The molecule has 0 spiro atoms. The monoisotopic (exact) mass is 390 g/mol. The van der Waals surface area contributed by atoms with E-state index in [9.17, 15) is 8.42 Å². The minimum atomic E-state index is -3.35. The van der Waals surface area contributed by atoms with Gasteiger partial charge in [-0.2, -0.15) is 5.26 Å². The first-order chi connectivity index (χ1) is 12.4. The van der Waals surface area contributed by atoms with Crippen molar-refractivity contribution in [3.63, 3.8) is 0 Å². The molecule has 1 saturated heterocycles. The van der Waals surface area contributed by atoms with Gasteiger partial charge in [0.05, 0.1) is 17.9 Å². The van der Waals surface area contributed by atoms with Crippen LogP contribution in [0.2, 0.25) is 0 Å². The summed E-state index contributed by atoms with van der Waals surface area (Å²) in [6.07, 6.45) is 0.780. The first-order valence-electron chi connectivity index (χ1n) is 8.60. The zero-order chi connectivity index (χ0) is 18.7. The van der Waals surface area contributed by atoms with E-state index in [2.05, 4.69) is 10.8 Å². The highest BCUT2D eigenvalue weighted by atomic mass is 32.2. The van der Waals surface area contributed by atoms with Crippen molar-refractivity contribution in [1.29, 1.82) is 5.26 Å². The summed E-state index contributed by atoms with van der Waals surface area (Å²) >= 11 is 1.47. The molecule has 0 unspecified atom stereocenters. The van der Waals surface area contributed by atoms with Crippen molar-refractivity contribution in [2.45, 2.75) is 37.5 Å². The van der Waals surface area contributed by atoms with E-state index in [0.717, 1.165) is 22.4 Å². The Hall–Kier alpha value is -1.72. The molecule has 0 saturated carbocycles. The van der Waals surface area contributed by atoms with Crippen LogP contribution in [-0.4, -0.2) is 32.9 Å². The van der Waals surface area contributed by atoms with E-state index >= 15 is 0 Å². The second-order valence-corrected chi connectivity index (χ2v) is 10.0. The summed E-state index contributed by atoms with van der Waals surface area (Å²) in [5.41, 5.74) is 2.16. The van der Waals surface area contributed by atoms with Gasteiger partial charge in [-0.25, -0.2) is 13.1 Å². The van der Waals surface area contributed by atoms with Gasteiger partial charge < -0.3 is 4.74 Å². The maximum absolute atomic E-state index is 12.3. The lowest BCUT2D eigenvalue weighted by molar-refractivity contribution is 0.0644. The van der Waals surface area contributed by atoms with Gasteiger partial charge in [0.15, 0.2) is 0 Å². The van der Waals surface area contributed by atoms with E-state index in [4.69, 9.17) is 10.00 Å². The van der Waals surface area contributed by atoms with E-state index < -0.39 is 15.3 Å². The molecular formula is C19H22N2O3S2. The molecule has 1 aromatic carbocycles. The van der Waals surface area contributed by atoms with E-state index in [1.807, 2.05) is 36.4 Å². The number of benzene rings is 1. The summed E-state index contributed by atoms with van der Waals surface area (Å²) in [5, 5.41) is 8.49. The minimum absolute atomic E-state index is 0.0873. The Labute approximate surface area is 158 Å². The molecule has 1 aromatic heterocycles. The van der Waals surface area contributed by atoms with Crippen LogP contribution in [0.15, 0.2) is 36.4 Å². The molecule has 26 heavy (non-hydrogen) atoms. The Morgan fingerprint density at radius 3 is 2.58 bits per heavy atom. The summed E-state index contributed by atoms with van der Waals surface area (Å²) < 4.78 is 32.8. The van der Waals surface area contributed by atoms with Crippen LogP contribution in [0.5, 0.6) is 0 Å². The van der Waals surface area contributed by atoms with Crippen LogP contribution in [-0.2, 0) is 14.8 Å². The van der Waals surface area contributed by atoms with Crippen molar-refractivity contribution in [1.82, 2.24) is 4.72 Å². The van der Waals surface area contributed by atoms with Gasteiger partial charge in [0.1, 0.15) is 10.9 Å². The molecule has 5 nitrogen and oxygen atoms in total. The smallest absolute Gasteiger partial charge is 0.214 e. The molecule has 2 heterocycles. The van der Waals surface area contributed by atoms with Crippen LogP contribution in [0.3, 0.4) is 0 Å². The molecule has 3 rings (SSSR count). The van der Waals surface area contributed by atoms with Crippen molar-refractivity contribution in [2.24, 2.45) is 0 Å². The van der Waals surface area contributed by atoms with E-state index in [0.29, 0.717) is 18.1 Å². The van der Waals surface area contributed by atoms with Crippen LogP contribution in [0.1, 0.15) is 36.6 Å². The Morgan fingerprint density at radius 1 is 1.23 bits per heavy atom. The van der Waals surface area contributed by atoms with Gasteiger partial charge in [-0.15, -0.1) is 11.3 Å². The molecule has 0 bridgehead atoms. The maximum Gasteiger partial charge on any atom is 0.214 e. The highest BCUT2D eigenvalue weighted by Crippen LogP contribution is 2.32. The molecule has 1 aliphatic heterocycles. The molecular weight excluding hydrogens is 368 g/mol. The fourth-order valence-corrected chi connectivity index (χ4v) is 4.78. The third-order valence-corrected chi connectivity index (χ3v) is 7.54. The highest BCUT2D eigenvalue weighted by Gasteiger charge is 2.31. The lowest BCUT2D eigenvalue weighted by Gasteiger charge is -2.33. The Kier molecular flexibility index (Phi) is 5.78. The van der Waals surface area contributed by atoms with Crippen molar-refractivity contribution in [3.05, 3.63) is 46.8 Å². The fraction of sp³-hybridized carbons (Fsp3) is 0.421. The Balaban J connectivity index is 1.81. The average Bonchev–Trinajstić information content (AvgIpc) is 3.11.